The van der Waals surface area contributed by atoms with Gasteiger partial charge < -0.3 is 10.0 Å². The number of hydrogen-bond donors (Lipinski definition) is 1. The molecule has 38 heavy (non-hydrogen) atoms. The minimum atomic E-state index is -3.13. The largest absolute Gasteiger partial charge is 0.481 e. The molecule has 0 spiro atoms. The zero-order chi connectivity index (χ0) is 28.4. The maximum Gasteiger partial charge on any atom is 0.309 e. The SMILES string of the molecule is CCC(C)(CCCn1ncc(C(=O)N(CC(=O)c2c(Cl)cc(F)cc2Cl)CC2(F)CC2)c1C(F)F)C(=O)O. The summed E-state index contributed by atoms with van der Waals surface area (Å²) < 4.78 is 57.3. The van der Waals surface area contributed by atoms with E-state index in [0.29, 0.717) is 6.42 Å². The molecule has 1 aromatic carbocycles. The third-order valence-corrected chi connectivity index (χ3v) is 7.48. The maximum atomic E-state index is 14.7. The number of ketones is 1. The number of carboxylic acids is 1. The summed E-state index contributed by atoms with van der Waals surface area (Å²) in [6.07, 6.45) is -1.23. The van der Waals surface area contributed by atoms with Crippen molar-refractivity contribution in [3.63, 3.8) is 0 Å². The van der Waals surface area contributed by atoms with Gasteiger partial charge in [0.15, 0.2) is 5.78 Å². The second kappa shape index (κ2) is 11.6. The minimum absolute atomic E-state index is 0.0808. The molecule has 208 valence electrons. The number of amides is 1. The first kappa shape index (κ1) is 29.9. The van der Waals surface area contributed by atoms with Crippen molar-refractivity contribution in [1.82, 2.24) is 14.7 Å². The standard InChI is InChI=1S/C25H27Cl2F4N3O4/c1-3-24(2,23(37)38)5-4-8-34-20(21(29)30)15(11-32-34)22(36)33(13-25(31)6-7-25)12-18(35)19-16(26)9-14(28)10-17(19)27/h9-11,21H,3-8,12-13H2,1-2H3,(H,37,38). The van der Waals surface area contributed by atoms with Crippen molar-refractivity contribution in [3.05, 3.63) is 51.0 Å². The van der Waals surface area contributed by atoms with Gasteiger partial charge in [-0.05, 0) is 51.2 Å². The lowest BCUT2D eigenvalue weighted by atomic mass is 9.83. The molecule has 1 fully saturated rings. The molecule has 1 heterocycles. The Kier molecular flexibility index (Phi) is 9.13. The third kappa shape index (κ3) is 6.66. The number of benzene rings is 1. The highest BCUT2D eigenvalue weighted by Crippen LogP contribution is 2.41. The highest BCUT2D eigenvalue weighted by atomic mass is 35.5. The first-order valence-corrected chi connectivity index (χ1v) is 12.7. The lowest BCUT2D eigenvalue weighted by molar-refractivity contribution is -0.148. The number of aryl methyl sites for hydroxylation is 1. The number of rotatable bonds is 13. The summed E-state index contributed by atoms with van der Waals surface area (Å²) in [6, 6.07) is 1.72. The van der Waals surface area contributed by atoms with Gasteiger partial charge in [-0.15, -0.1) is 0 Å². The van der Waals surface area contributed by atoms with E-state index in [1.165, 1.54) is 0 Å². The number of carboxylic acid groups (broad SMARTS) is 1. The summed E-state index contributed by atoms with van der Waals surface area (Å²) in [5.41, 5.74) is -4.32. The van der Waals surface area contributed by atoms with Gasteiger partial charge in [-0.2, -0.15) is 5.10 Å². The van der Waals surface area contributed by atoms with Crippen LogP contribution in [-0.4, -0.2) is 56.2 Å². The Balaban J connectivity index is 1.87. The van der Waals surface area contributed by atoms with E-state index in [-0.39, 0.29) is 47.8 Å². The van der Waals surface area contributed by atoms with E-state index in [0.717, 1.165) is 27.9 Å². The molecule has 0 bridgehead atoms. The van der Waals surface area contributed by atoms with Crippen molar-refractivity contribution < 1.29 is 37.1 Å². The molecule has 2 aromatic rings. The number of hydrogen-bond acceptors (Lipinski definition) is 4. The van der Waals surface area contributed by atoms with Crippen LogP contribution >= 0.6 is 23.2 Å². The number of alkyl halides is 3. The predicted octanol–water partition coefficient (Wildman–Crippen LogP) is 6.37. The number of halogens is 6. The van der Waals surface area contributed by atoms with E-state index >= 15 is 0 Å². The quantitative estimate of drug-likeness (QED) is 0.220. The van der Waals surface area contributed by atoms with Gasteiger partial charge in [-0.25, -0.2) is 17.6 Å². The molecule has 7 nitrogen and oxygen atoms in total. The molecule has 1 aliphatic carbocycles. The Hall–Kier alpha value is -2.66. The second-order valence-corrected chi connectivity index (χ2v) is 10.6. The van der Waals surface area contributed by atoms with Gasteiger partial charge >= 0.3 is 5.97 Å². The predicted molar refractivity (Wildman–Crippen MR) is 132 cm³/mol. The third-order valence-electron chi connectivity index (χ3n) is 6.89. The fourth-order valence-corrected chi connectivity index (χ4v) is 4.76. The zero-order valence-corrected chi connectivity index (χ0v) is 22.3. The molecule has 1 amide bonds. The number of carbonyl (C=O) groups is 3. The maximum absolute atomic E-state index is 14.7. The van der Waals surface area contributed by atoms with Gasteiger partial charge in [0.2, 0.25) is 0 Å². The first-order valence-electron chi connectivity index (χ1n) is 11.9. The van der Waals surface area contributed by atoms with E-state index in [1.807, 2.05) is 0 Å². The highest BCUT2D eigenvalue weighted by Gasteiger charge is 2.46. The van der Waals surface area contributed by atoms with Gasteiger partial charge in [0, 0.05) is 6.54 Å². The molecule has 3 rings (SSSR count). The van der Waals surface area contributed by atoms with Gasteiger partial charge in [0.25, 0.3) is 12.3 Å². The molecule has 0 aliphatic heterocycles. The van der Waals surface area contributed by atoms with Crippen LogP contribution in [0.15, 0.2) is 18.3 Å². The van der Waals surface area contributed by atoms with E-state index in [9.17, 15) is 37.1 Å². The Morgan fingerprint density at radius 1 is 1.24 bits per heavy atom. The smallest absolute Gasteiger partial charge is 0.309 e. The molecule has 0 saturated heterocycles. The van der Waals surface area contributed by atoms with Crippen molar-refractivity contribution in [2.24, 2.45) is 5.41 Å². The second-order valence-electron chi connectivity index (χ2n) is 9.77. The van der Waals surface area contributed by atoms with Crippen LogP contribution in [0, 0.1) is 11.2 Å². The summed E-state index contributed by atoms with van der Waals surface area (Å²) in [6.45, 7) is 1.92. The lowest BCUT2D eigenvalue weighted by Gasteiger charge is -2.24. The number of aliphatic carboxylic acids is 1. The van der Waals surface area contributed by atoms with E-state index in [1.54, 1.807) is 13.8 Å². The Labute approximate surface area is 226 Å². The topological polar surface area (TPSA) is 92.5 Å². The van der Waals surface area contributed by atoms with Crippen LogP contribution in [-0.2, 0) is 11.3 Å². The van der Waals surface area contributed by atoms with Crippen molar-refractivity contribution in [1.29, 1.82) is 0 Å². The molecule has 13 heteroatoms. The molecular weight excluding hydrogens is 553 g/mol. The fraction of sp³-hybridized carbons (Fsp3) is 0.520. The van der Waals surface area contributed by atoms with Crippen molar-refractivity contribution in [2.75, 3.05) is 13.1 Å². The molecule has 0 radical (unpaired) electrons. The molecule has 1 saturated carbocycles. The van der Waals surface area contributed by atoms with E-state index in [4.69, 9.17) is 23.2 Å². The average molecular weight is 580 g/mol. The average Bonchev–Trinajstić information content (AvgIpc) is 3.39. The monoisotopic (exact) mass is 579 g/mol. The van der Waals surface area contributed by atoms with E-state index < -0.39 is 65.3 Å². The Bertz CT molecular complexity index is 1210. The summed E-state index contributed by atoms with van der Waals surface area (Å²) in [4.78, 5) is 38.7. The van der Waals surface area contributed by atoms with Gasteiger partial charge in [-0.1, -0.05) is 30.1 Å². The van der Waals surface area contributed by atoms with Crippen molar-refractivity contribution in [2.45, 2.75) is 64.6 Å². The number of nitrogens with zero attached hydrogens (tertiary/aromatic N) is 3. The summed E-state index contributed by atoms with van der Waals surface area (Å²) in [5, 5.41) is 12.7. The summed E-state index contributed by atoms with van der Waals surface area (Å²) in [7, 11) is 0. The molecule has 1 aromatic heterocycles. The van der Waals surface area contributed by atoms with Crippen LogP contribution in [0.3, 0.4) is 0 Å². The number of aromatic nitrogens is 2. The van der Waals surface area contributed by atoms with Crippen LogP contribution in [0.5, 0.6) is 0 Å². The Morgan fingerprint density at radius 3 is 2.34 bits per heavy atom. The van der Waals surface area contributed by atoms with Crippen molar-refractivity contribution >= 4 is 40.9 Å². The van der Waals surface area contributed by atoms with Gasteiger partial charge in [0.05, 0.1) is 45.9 Å². The van der Waals surface area contributed by atoms with Crippen LogP contribution in [0.1, 0.15) is 78.8 Å². The fourth-order valence-electron chi connectivity index (χ4n) is 4.09. The normalized spacial score (nSPS) is 15.8. The van der Waals surface area contributed by atoms with Crippen molar-refractivity contribution in [3.8, 4) is 0 Å². The van der Waals surface area contributed by atoms with Crippen LogP contribution in [0.2, 0.25) is 10.0 Å². The molecule has 1 N–H and O–H groups in total. The highest BCUT2D eigenvalue weighted by molar-refractivity contribution is 6.40. The number of Topliss-reactive ketones (excluding diaryl/α,β-unsaturated/α-hetero) is 1. The molecule has 1 aliphatic rings. The van der Waals surface area contributed by atoms with Crippen LogP contribution in [0.4, 0.5) is 17.6 Å². The molecular formula is C25H27Cl2F4N3O4. The van der Waals surface area contributed by atoms with Gasteiger partial charge in [0.1, 0.15) is 17.2 Å². The number of carbonyl (C=O) groups excluding carboxylic acids is 2. The Morgan fingerprint density at radius 2 is 1.84 bits per heavy atom. The van der Waals surface area contributed by atoms with Gasteiger partial charge in [-0.3, -0.25) is 19.1 Å². The molecule has 1 unspecified atom stereocenters. The van der Waals surface area contributed by atoms with Crippen LogP contribution in [0.25, 0.3) is 0 Å². The zero-order valence-electron chi connectivity index (χ0n) is 20.7. The first-order chi connectivity index (χ1) is 17.7. The van der Waals surface area contributed by atoms with Crippen LogP contribution < -0.4 is 0 Å². The lowest BCUT2D eigenvalue weighted by Crippen LogP contribution is -2.41. The minimum Gasteiger partial charge on any atom is -0.481 e. The molecule has 1 atom stereocenters. The summed E-state index contributed by atoms with van der Waals surface area (Å²) >= 11 is 11.9. The van der Waals surface area contributed by atoms with E-state index in [2.05, 4.69) is 5.10 Å². The summed E-state index contributed by atoms with van der Waals surface area (Å²) in [5.74, 6) is -3.66.